The number of pyridine rings is 1. The average molecular weight is 305 g/mol. The third-order valence-corrected chi connectivity index (χ3v) is 5.33. The topological polar surface area (TPSA) is 12.9 Å². The van der Waals surface area contributed by atoms with Crippen LogP contribution in [0.1, 0.15) is 54.1 Å². The molecular formula is C22H27N. The quantitative estimate of drug-likeness (QED) is 0.404. The number of benzene rings is 2. The van der Waals surface area contributed by atoms with E-state index >= 15 is 0 Å². The molecule has 0 atom stereocenters. The van der Waals surface area contributed by atoms with Crippen molar-refractivity contribution in [2.24, 2.45) is 0 Å². The van der Waals surface area contributed by atoms with Crippen molar-refractivity contribution in [3.05, 3.63) is 52.2 Å². The summed E-state index contributed by atoms with van der Waals surface area (Å²) in [6.45, 7) is 11.2. The summed E-state index contributed by atoms with van der Waals surface area (Å²) in [5.74, 6) is 0. The molecule has 1 aromatic heterocycles. The zero-order chi connectivity index (χ0) is 16.6. The first-order chi connectivity index (χ1) is 11.1. The van der Waals surface area contributed by atoms with E-state index in [1.165, 1.54) is 69.6 Å². The van der Waals surface area contributed by atoms with E-state index in [0.29, 0.717) is 0 Å². The Labute approximate surface area is 139 Å². The molecule has 3 aromatic rings. The van der Waals surface area contributed by atoms with E-state index < -0.39 is 0 Å². The molecule has 1 nitrogen and oxygen atoms in total. The van der Waals surface area contributed by atoms with Crippen molar-refractivity contribution >= 4 is 21.7 Å². The van der Waals surface area contributed by atoms with Crippen LogP contribution in [0.25, 0.3) is 21.7 Å². The highest BCUT2D eigenvalue weighted by atomic mass is 14.7. The number of unbranched alkanes of at least 4 members (excludes halogenated alkanes) is 2. The lowest BCUT2D eigenvalue weighted by atomic mass is 9.88. The van der Waals surface area contributed by atoms with Crippen LogP contribution >= 0.6 is 0 Å². The van der Waals surface area contributed by atoms with Crippen molar-refractivity contribution in [2.75, 3.05) is 0 Å². The van der Waals surface area contributed by atoms with Gasteiger partial charge in [0.25, 0.3) is 0 Å². The molecule has 0 fully saturated rings. The van der Waals surface area contributed by atoms with Crippen molar-refractivity contribution in [3.8, 4) is 0 Å². The minimum Gasteiger partial charge on any atom is -0.252 e. The Kier molecular flexibility index (Phi) is 4.39. The molecule has 0 aliphatic rings. The number of hydrogen-bond acceptors (Lipinski definition) is 1. The Hall–Kier alpha value is -1.89. The first kappa shape index (κ1) is 16.0. The fourth-order valence-corrected chi connectivity index (χ4v) is 3.84. The van der Waals surface area contributed by atoms with Gasteiger partial charge in [-0.15, -0.1) is 0 Å². The predicted molar refractivity (Wildman–Crippen MR) is 101 cm³/mol. The molecule has 0 spiro atoms. The highest BCUT2D eigenvalue weighted by Gasteiger charge is 2.16. The SMILES string of the molecule is CCCCCc1c(C)c(C)c2c(nc(C)c3ccccc32)c1C. The molecule has 0 N–H and O–H groups in total. The van der Waals surface area contributed by atoms with Crippen molar-refractivity contribution in [3.63, 3.8) is 0 Å². The summed E-state index contributed by atoms with van der Waals surface area (Å²) in [7, 11) is 0. The second-order valence-corrected chi connectivity index (χ2v) is 6.78. The Balaban J connectivity index is 2.34. The summed E-state index contributed by atoms with van der Waals surface area (Å²) in [5, 5.41) is 3.97. The number of nitrogens with zero attached hydrogens (tertiary/aromatic N) is 1. The summed E-state index contributed by atoms with van der Waals surface area (Å²) in [4.78, 5) is 4.99. The van der Waals surface area contributed by atoms with Gasteiger partial charge in [0.05, 0.1) is 5.52 Å². The minimum atomic E-state index is 1.14. The molecule has 0 saturated carbocycles. The number of fused-ring (bicyclic) bond motifs is 3. The fourth-order valence-electron chi connectivity index (χ4n) is 3.84. The lowest BCUT2D eigenvalue weighted by Crippen LogP contribution is -2.02. The van der Waals surface area contributed by atoms with Gasteiger partial charge in [0.2, 0.25) is 0 Å². The maximum absolute atomic E-state index is 4.99. The van der Waals surface area contributed by atoms with Gasteiger partial charge in [-0.1, -0.05) is 44.0 Å². The minimum absolute atomic E-state index is 1.14. The fraction of sp³-hybridized carbons (Fsp3) is 0.409. The Morgan fingerprint density at radius 3 is 2.22 bits per heavy atom. The highest BCUT2D eigenvalue weighted by molar-refractivity contribution is 6.09. The van der Waals surface area contributed by atoms with E-state index in [2.05, 4.69) is 58.9 Å². The normalized spacial score (nSPS) is 11.5. The van der Waals surface area contributed by atoms with E-state index in [4.69, 9.17) is 4.98 Å². The van der Waals surface area contributed by atoms with Crippen LogP contribution in [0.15, 0.2) is 24.3 Å². The number of rotatable bonds is 4. The van der Waals surface area contributed by atoms with Crippen LogP contribution in [0.4, 0.5) is 0 Å². The molecule has 0 amide bonds. The molecule has 1 heterocycles. The van der Waals surface area contributed by atoms with Gasteiger partial charge in [-0.2, -0.15) is 0 Å². The van der Waals surface area contributed by atoms with Gasteiger partial charge in [0.15, 0.2) is 0 Å². The van der Waals surface area contributed by atoms with Gasteiger partial charge in [-0.3, -0.25) is 4.98 Å². The van der Waals surface area contributed by atoms with Gasteiger partial charge >= 0.3 is 0 Å². The van der Waals surface area contributed by atoms with Crippen molar-refractivity contribution < 1.29 is 0 Å². The lowest BCUT2D eigenvalue weighted by Gasteiger charge is -2.18. The molecule has 0 saturated heterocycles. The van der Waals surface area contributed by atoms with Gasteiger partial charge < -0.3 is 0 Å². The zero-order valence-corrected chi connectivity index (χ0v) is 15.1. The predicted octanol–water partition coefficient (Wildman–Crippen LogP) is 6.35. The molecule has 120 valence electrons. The van der Waals surface area contributed by atoms with Crippen LogP contribution in [-0.4, -0.2) is 4.98 Å². The smallest absolute Gasteiger partial charge is 0.0746 e. The average Bonchev–Trinajstić information content (AvgIpc) is 2.56. The second kappa shape index (κ2) is 6.31. The van der Waals surface area contributed by atoms with Crippen LogP contribution in [0.2, 0.25) is 0 Å². The van der Waals surface area contributed by atoms with E-state index in [9.17, 15) is 0 Å². The van der Waals surface area contributed by atoms with Crippen molar-refractivity contribution in [1.82, 2.24) is 4.98 Å². The monoisotopic (exact) mass is 305 g/mol. The van der Waals surface area contributed by atoms with Gasteiger partial charge in [0.1, 0.15) is 0 Å². The molecule has 23 heavy (non-hydrogen) atoms. The molecule has 0 unspecified atom stereocenters. The van der Waals surface area contributed by atoms with Gasteiger partial charge in [-0.25, -0.2) is 0 Å². The third kappa shape index (κ3) is 2.63. The van der Waals surface area contributed by atoms with E-state index in [-0.39, 0.29) is 0 Å². The number of aromatic nitrogens is 1. The van der Waals surface area contributed by atoms with Crippen molar-refractivity contribution in [2.45, 2.75) is 60.3 Å². The van der Waals surface area contributed by atoms with Crippen LogP contribution in [-0.2, 0) is 6.42 Å². The van der Waals surface area contributed by atoms with Crippen LogP contribution in [0.5, 0.6) is 0 Å². The number of aryl methyl sites for hydroxylation is 3. The molecule has 2 aromatic carbocycles. The summed E-state index contributed by atoms with van der Waals surface area (Å²) < 4.78 is 0. The second-order valence-electron chi connectivity index (χ2n) is 6.78. The molecule has 0 bridgehead atoms. The number of hydrogen-bond donors (Lipinski definition) is 0. The maximum Gasteiger partial charge on any atom is 0.0746 e. The summed E-state index contributed by atoms with van der Waals surface area (Å²) in [6, 6.07) is 8.68. The van der Waals surface area contributed by atoms with E-state index in [1.54, 1.807) is 0 Å². The zero-order valence-electron chi connectivity index (χ0n) is 15.1. The van der Waals surface area contributed by atoms with Gasteiger partial charge in [-0.05, 0) is 68.2 Å². The highest BCUT2D eigenvalue weighted by Crippen LogP contribution is 2.35. The molecule has 1 heteroatoms. The maximum atomic E-state index is 4.99. The first-order valence-electron chi connectivity index (χ1n) is 8.84. The molecular weight excluding hydrogens is 278 g/mol. The van der Waals surface area contributed by atoms with E-state index in [0.717, 1.165) is 5.69 Å². The Bertz CT molecular complexity index is 874. The molecule has 0 radical (unpaired) electrons. The first-order valence-corrected chi connectivity index (χ1v) is 8.84. The third-order valence-electron chi connectivity index (χ3n) is 5.33. The van der Waals surface area contributed by atoms with E-state index in [1.807, 2.05) is 0 Å². The summed E-state index contributed by atoms with van der Waals surface area (Å²) in [6.07, 6.45) is 5.03. The van der Waals surface area contributed by atoms with Crippen LogP contribution in [0.3, 0.4) is 0 Å². The molecule has 0 aliphatic heterocycles. The standard InChI is InChI=1S/C22H27N/c1-6-7-8-11-18-14(2)15(3)21-20-13-10-9-12-19(20)17(5)23-22(21)16(18)4/h9-10,12-13H,6-8,11H2,1-5H3. The van der Waals surface area contributed by atoms with Crippen molar-refractivity contribution in [1.29, 1.82) is 0 Å². The summed E-state index contributed by atoms with van der Waals surface area (Å²) >= 11 is 0. The van der Waals surface area contributed by atoms with Gasteiger partial charge in [0, 0.05) is 16.5 Å². The largest absolute Gasteiger partial charge is 0.252 e. The Morgan fingerprint density at radius 2 is 1.52 bits per heavy atom. The lowest BCUT2D eigenvalue weighted by molar-refractivity contribution is 0.713. The molecule has 0 aliphatic carbocycles. The Morgan fingerprint density at radius 1 is 0.826 bits per heavy atom. The van der Waals surface area contributed by atoms with Crippen LogP contribution in [0, 0.1) is 27.7 Å². The van der Waals surface area contributed by atoms with Crippen LogP contribution < -0.4 is 0 Å². The summed E-state index contributed by atoms with van der Waals surface area (Å²) in [5.41, 5.74) is 8.11. The molecule has 3 rings (SSSR count).